The van der Waals surface area contributed by atoms with Gasteiger partial charge in [-0.1, -0.05) is 0 Å². The van der Waals surface area contributed by atoms with Crippen LogP contribution in [-0.4, -0.2) is 35.0 Å². The van der Waals surface area contributed by atoms with Crippen molar-refractivity contribution in [2.45, 2.75) is 35.8 Å². The van der Waals surface area contributed by atoms with Gasteiger partial charge in [0.15, 0.2) is 5.75 Å². The summed E-state index contributed by atoms with van der Waals surface area (Å²) >= 11 is 0. The molecule has 0 saturated heterocycles. The van der Waals surface area contributed by atoms with Crippen molar-refractivity contribution in [2.75, 3.05) is 0 Å². The van der Waals surface area contributed by atoms with Gasteiger partial charge in [0.2, 0.25) is 5.43 Å². The van der Waals surface area contributed by atoms with Gasteiger partial charge in [-0.3, -0.25) is 9.59 Å². The number of hydrogen-bond donors (Lipinski definition) is 1. The van der Waals surface area contributed by atoms with E-state index in [9.17, 15) is 66.7 Å². The number of rotatable bonds is 5. The Hall–Kier alpha value is -2.03. The minimum Gasteiger partial charge on any atom is -0.504 e. The summed E-state index contributed by atoms with van der Waals surface area (Å²) in [5.74, 6) is -41.4. The minimum atomic E-state index is -8.13. The summed E-state index contributed by atoms with van der Waals surface area (Å²) in [6, 6.07) is 0. The lowest BCUT2D eigenvalue weighted by molar-refractivity contribution is -0.441. The lowest BCUT2D eigenvalue weighted by Gasteiger charge is -2.39. The Kier molecular flexibility index (Phi) is 4.44. The molecule has 0 aromatic heterocycles. The smallest absolute Gasteiger partial charge is 0.460 e. The minimum absolute atomic E-state index is 2.33. The molecule has 0 heterocycles. The molecule has 3 nitrogen and oxygen atoms in total. The molecule has 1 N–H and O–H groups in total. The van der Waals surface area contributed by atoms with Gasteiger partial charge in [0.05, 0.1) is 0 Å². The molecule has 0 saturated carbocycles. The zero-order valence-electron chi connectivity index (χ0n) is 11.2. The molecule has 0 atom stereocenters. The Morgan fingerprint density at radius 1 is 0.538 bits per heavy atom. The second-order valence-corrected chi connectivity index (χ2v) is 4.75. The molecule has 0 fully saturated rings. The van der Waals surface area contributed by atoms with Crippen molar-refractivity contribution in [1.82, 2.24) is 0 Å². The standard InChI is InChI=1S/C10HF13O3/c11-5(12,1-2(24)4(26)3(1)25)6(13,14)7(15,16)8(17,18)9(19,20)10(21,22)23/h24H. The molecule has 0 bridgehead atoms. The predicted octanol–water partition coefficient (Wildman–Crippen LogP) is 3.18. The first-order valence-corrected chi connectivity index (χ1v) is 5.59. The highest BCUT2D eigenvalue weighted by Gasteiger charge is 2.91. The monoisotopic (exact) mass is 416 g/mol. The Labute approximate surface area is 131 Å². The SMILES string of the molecule is O=c1c(O)c(C(F)(F)C(F)(F)C(F)(F)C(F)(F)C(F)(F)C(F)(F)F)c1=O. The van der Waals surface area contributed by atoms with E-state index in [-0.39, 0.29) is 0 Å². The molecule has 0 aliphatic rings. The number of aromatic hydroxyl groups is 1. The predicted molar refractivity (Wildman–Crippen MR) is 52.8 cm³/mol. The van der Waals surface area contributed by atoms with E-state index in [0.717, 1.165) is 0 Å². The molecule has 0 spiro atoms. The van der Waals surface area contributed by atoms with Crippen molar-refractivity contribution in [3.8, 4) is 5.75 Å². The van der Waals surface area contributed by atoms with Crippen LogP contribution in [0.15, 0.2) is 9.59 Å². The molecule has 26 heavy (non-hydrogen) atoms. The maximum Gasteiger partial charge on any atom is 0.460 e. The van der Waals surface area contributed by atoms with Gasteiger partial charge >= 0.3 is 35.8 Å². The van der Waals surface area contributed by atoms with Gasteiger partial charge < -0.3 is 5.11 Å². The first-order chi connectivity index (χ1) is 11.1. The highest BCUT2D eigenvalue weighted by Crippen LogP contribution is 2.62. The van der Waals surface area contributed by atoms with E-state index in [4.69, 9.17) is 5.11 Å². The van der Waals surface area contributed by atoms with Crippen molar-refractivity contribution in [3.63, 3.8) is 0 Å². The first-order valence-electron chi connectivity index (χ1n) is 5.59. The highest BCUT2D eigenvalue weighted by molar-refractivity contribution is 5.43. The lowest BCUT2D eigenvalue weighted by atomic mass is 9.88. The third kappa shape index (κ3) is 2.29. The first kappa shape index (κ1) is 22.0. The second-order valence-electron chi connectivity index (χ2n) is 4.75. The third-order valence-corrected chi connectivity index (χ3v) is 3.13. The van der Waals surface area contributed by atoms with Gasteiger partial charge in [-0.05, 0) is 0 Å². The zero-order chi connectivity index (χ0) is 21.3. The summed E-state index contributed by atoms with van der Waals surface area (Å²) in [6.45, 7) is 0. The van der Waals surface area contributed by atoms with E-state index in [1.165, 1.54) is 0 Å². The van der Waals surface area contributed by atoms with Crippen LogP contribution in [0.1, 0.15) is 5.56 Å². The summed E-state index contributed by atoms with van der Waals surface area (Å²) in [5, 5.41) is 8.54. The Balaban J connectivity index is 3.64. The topological polar surface area (TPSA) is 54.4 Å². The van der Waals surface area contributed by atoms with Crippen molar-refractivity contribution >= 4 is 0 Å². The largest absolute Gasteiger partial charge is 0.504 e. The van der Waals surface area contributed by atoms with Crippen LogP contribution in [0.25, 0.3) is 0 Å². The summed E-state index contributed by atoms with van der Waals surface area (Å²) in [7, 11) is 0. The molecule has 1 rings (SSSR count). The van der Waals surface area contributed by atoms with Gasteiger partial charge in [-0.15, -0.1) is 0 Å². The fourth-order valence-corrected chi connectivity index (χ4v) is 1.60. The molecule has 16 heteroatoms. The average molecular weight is 416 g/mol. The average Bonchev–Trinajstić information content (AvgIpc) is 2.44. The molecule has 0 amide bonds. The van der Waals surface area contributed by atoms with E-state index < -0.39 is 58.0 Å². The van der Waals surface area contributed by atoms with Crippen molar-refractivity contribution < 1.29 is 62.2 Å². The van der Waals surface area contributed by atoms with Crippen molar-refractivity contribution in [3.05, 3.63) is 26.0 Å². The van der Waals surface area contributed by atoms with Gasteiger partial charge in [-0.25, -0.2) is 0 Å². The van der Waals surface area contributed by atoms with Crippen LogP contribution in [0.4, 0.5) is 57.1 Å². The maximum absolute atomic E-state index is 13.4. The summed E-state index contributed by atoms with van der Waals surface area (Å²) < 4.78 is 166. The molecule has 0 aliphatic heterocycles. The van der Waals surface area contributed by atoms with Crippen LogP contribution < -0.4 is 10.9 Å². The van der Waals surface area contributed by atoms with Gasteiger partial charge in [0.1, 0.15) is 5.56 Å². The zero-order valence-corrected chi connectivity index (χ0v) is 11.2. The quantitative estimate of drug-likeness (QED) is 0.593. The lowest BCUT2D eigenvalue weighted by Crippen LogP contribution is -2.70. The number of hydrogen-bond acceptors (Lipinski definition) is 3. The van der Waals surface area contributed by atoms with E-state index >= 15 is 0 Å². The fraction of sp³-hybridized carbons (Fsp3) is 0.600. The molecule has 0 radical (unpaired) electrons. The molecule has 1 aromatic carbocycles. The van der Waals surface area contributed by atoms with Gasteiger partial charge in [0, 0.05) is 0 Å². The van der Waals surface area contributed by atoms with E-state index in [1.807, 2.05) is 0 Å². The maximum atomic E-state index is 13.4. The summed E-state index contributed by atoms with van der Waals surface area (Å²) in [5.41, 5.74) is -8.22. The van der Waals surface area contributed by atoms with Crippen LogP contribution in [0, 0.1) is 0 Å². The second kappa shape index (κ2) is 5.25. The van der Waals surface area contributed by atoms with Crippen LogP contribution in [0.3, 0.4) is 0 Å². The number of halogens is 13. The van der Waals surface area contributed by atoms with Crippen LogP contribution >= 0.6 is 0 Å². The molecular weight excluding hydrogens is 415 g/mol. The van der Waals surface area contributed by atoms with Gasteiger partial charge in [0.25, 0.3) is 5.43 Å². The normalized spacial score (nSPS) is 15.6. The van der Waals surface area contributed by atoms with Gasteiger partial charge in [-0.2, -0.15) is 57.1 Å². The van der Waals surface area contributed by atoms with Crippen LogP contribution in [-0.2, 0) is 5.92 Å². The summed E-state index contributed by atoms with van der Waals surface area (Å²) in [6.07, 6.45) is -7.56. The third-order valence-electron chi connectivity index (χ3n) is 3.13. The van der Waals surface area contributed by atoms with Crippen LogP contribution in [0.2, 0.25) is 0 Å². The molecule has 0 aliphatic carbocycles. The molecule has 1 aromatic rings. The number of alkyl halides is 13. The summed E-state index contributed by atoms with van der Waals surface area (Å²) in [4.78, 5) is 21.1. The van der Waals surface area contributed by atoms with E-state index in [1.54, 1.807) is 0 Å². The highest BCUT2D eigenvalue weighted by atomic mass is 19.4. The van der Waals surface area contributed by atoms with Crippen LogP contribution in [0.5, 0.6) is 5.75 Å². The Morgan fingerprint density at radius 2 is 0.885 bits per heavy atom. The van der Waals surface area contributed by atoms with Crippen molar-refractivity contribution in [2.24, 2.45) is 0 Å². The molecule has 0 unspecified atom stereocenters. The van der Waals surface area contributed by atoms with E-state index in [2.05, 4.69) is 0 Å². The van der Waals surface area contributed by atoms with Crippen molar-refractivity contribution in [1.29, 1.82) is 0 Å². The fourth-order valence-electron chi connectivity index (χ4n) is 1.60. The molecular formula is C10HF13O3. The van der Waals surface area contributed by atoms with E-state index in [0.29, 0.717) is 0 Å². The molecule has 150 valence electrons. The Bertz CT molecular complexity index is 781. The Morgan fingerprint density at radius 3 is 1.19 bits per heavy atom.